The molecule has 27 heavy (non-hydrogen) atoms. The predicted molar refractivity (Wildman–Crippen MR) is 96.8 cm³/mol. The van der Waals surface area contributed by atoms with Crippen molar-refractivity contribution in [2.45, 2.75) is 57.1 Å². The number of fused-ring (bicyclic) bond motifs is 2. The lowest BCUT2D eigenvalue weighted by atomic mass is 9.78. The van der Waals surface area contributed by atoms with Crippen LogP contribution in [0.15, 0.2) is 11.5 Å². The molecule has 1 saturated heterocycles. The standard InChI is InChI=1S/C19H25N5O3/c1-12-10-15(27-22-12)18(26)23-8-5-19(6-9-23)16-14(20-11-21-16)4-7-24(19)17(25)13-2-3-13/h11,13,15H,2-10H2,1H3,(H,20,21)/t15-/m0/s1. The number of nitrogens with zero attached hydrogens (tertiary/aromatic N) is 4. The third-order valence-electron chi connectivity index (χ3n) is 6.45. The van der Waals surface area contributed by atoms with Crippen LogP contribution < -0.4 is 0 Å². The number of carbonyl (C=O) groups is 2. The molecule has 4 heterocycles. The SMILES string of the molecule is CC1=NO[C@H](C(=O)N2CCC3(CC2)c2nc[nH]c2CCN3C(=O)C2CC2)C1. The summed E-state index contributed by atoms with van der Waals surface area (Å²) in [6.07, 6.45) is 6.09. The highest BCUT2D eigenvalue weighted by Gasteiger charge is 2.51. The first kappa shape index (κ1) is 16.8. The van der Waals surface area contributed by atoms with Crippen LogP contribution >= 0.6 is 0 Å². The van der Waals surface area contributed by atoms with Gasteiger partial charge in [0.1, 0.15) is 0 Å². The van der Waals surface area contributed by atoms with Gasteiger partial charge in [-0.3, -0.25) is 9.59 Å². The molecule has 0 aromatic carbocycles. The summed E-state index contributed by atoms with van der Waals surface area (Å²) in [5.74, 6) is 0.462. The molecule has 8 heteroatoms. The number of hydrogen-bond donors (Lipinski definition) is 1. The fourth-order valence-corrected chi connectivity index (χ4v) is 4.79. The number of aromatic nitrogens is 2. The number of aromatic amines is 1. The quantitative estimate of drug-likeness (QED) is 0.845. The Hall–Kier alpha value is -2.38. The van der Waals surface area contributed by atoms with Crippen LogP contribution in [0, 0.1) is 5.92 Å². The van der Waals surface area contributed by atoms with Crippen molar-refractivity contribution in [3.05, 3.63) is 17.7 Å². The van der Waals surface area contributed by atoms with Crippen LogP contribution in [0.5, 0.6) is 0 Å². The molecule has 1 N–H and O–H groups in total. The maximum atomic E-state index is 13.0. The monoisotopic (exact) mass is 371 g/mol. The van der Waals surface area contributed by atoms with E-state index in [0.717, 1.165) is 55.7 Å². The molecule has 0 radical (unpaired) electrons. The summed E-state index contributed by atoms with van der Waals surface area (Å²) in [6.45, 7) is 3.83. The van der Waals surface area contributed by atoms with Crippen LogP contribution in [-0.2, 0) is 26.4 Å². The molecule has 1 saturated carbocycles. The minimum absolute atomic E-state index is 0.00331. The lowest BCUT2D eigenvalue weighted by Gasteiger charge is -2.50. The van der Waals surface area contributed by atoms with E-state index in [9.17, 15) is 9.59 Å². The van der Waals surface area contributed by atoms with Gasteiger partial charge in [0.25, 0.3) is 5.91 Å². The second-order valence-corrected chi connectivity index (χ2v) is 8.23. The zero-order chi connectivity index (χ0) is 18.6. The molecule has 0 unspecified atom stereocenters. The van der Waals surface area contributed by atoms with Crippen molar-refractivity contribution >= 4 is 17.5 Å². The zero-order valence-corrected chi connectivity index (χ0v) is 15.6. The maximum Gasteiger partial charge on any atom is 0.266 e. The number of imidazole rings is 1. The first-order valence-electron chi connectivity index (χ1n) is 9.91. The normalized spacial score (nSPS) is 26.6. The third-order valence-corrected chi connectivity index (χ3v) is 6.45. The summed E-state index contributed by atoms with van der Waals surface area (Å²) in [5, 5.41) is 3.90. The molecule has 4 aliphatic rings. The highest BCUT2D eigenvalue weighted by Crippen LogP contribution is 2.45. The predicted octanol–water partition coefficient (Wildman–Crippen LogP) is 1.19. The smallest absolute Gasteiger partial charge is 0.266 e. The molecule has 1 spiro atoms. The van der Waals surface area contributed by atoms with E-state index >= 15 is 0 Å². The van der Waals surface area contributed by atoms with E-state index in [0.29, 0.717) is 19.5 Å². The number of nitrogens with one attached hydrogen (secondary N) is 1. The lowest BCUT2D eigenvalue weighted by molar-refractivity contribution is -0.149. The van der Waals surface area contributed by atoms with Gasteiger partial charge in [0.05, 0.1) is 23.3 Å². The second-order valence-electron chi connectivity index (χ2n) is 8.23. The first-order valence-corrected chi connectivity index (χ1v) is 9.91. The Balaban J connectivity index is 1.37. The van der Waals surface area contributed by atoms with Gasteiger partial charge in [-0.1, -0.05) is 5.16 Å². The Labute approximate surface area is 157 Å². The number of likely N-dealkylation sites (tertiary alicyclic amines) is 1. The van der Waals surface area contributed by atoms with Gasteiger partial charge in [0.15, 0.2) is 0 Å². The fourth-order valence-electron chi connectivity index (χ4n) is 4.79. The summed E-state index contributed by atoms with van der Waals surface area (Å²) in [7, 11) is 0. The number of piperidine rings is 1. The van der Waals surface area contributed by atoms with E-state index in [-0.39, 0.29) is 23.3 Å². The van der Waals surface area contributed by atoms with Crippen LogP contribution in [0.2, 0.25) is 0 Å². The highest BCUT2D eigenvalue weighted by atomic mass is 16.6. The molecule has 5 rings (SSSR count). The highest BCUT2D eigenvalue weighted by molar-refractivity contribution is 5.91. The molecule has 2 fully saturated rings. The molecule has 3 aliphatic heterocycles. The Kier molecular flexibility index (Phi) is 3.77. The van der Waals surface area contributed by atoms with Crippen molar-refractivity contribution in [2.24, 2.45) is 11.1 Å². The minimum atomic E-state index is -0.490. The zero-order valence-electron chi connectivity index (χ0n) is 15.6. The number of carbonyl (C=O) groups excluding carboxylic acids is 2. The van der Waals surface area contributed by atoms with E-state index in [4.69, 9.17) is 4.84 Å². The molecule has 1 aromatic rings. The van der Waals surface area contributed by atoms with Crippen molar-refractivity contribution < 1.29 is 14.4 Å². The Morgan fingerprint density at radius 2 is 2.00 bits per heavy atom. The Bertz CT molecular complexity index is 804. The molecule has 8 nitrogen and oxygen atoms in total. The van der Waals surface area contributed by atoms with Crippen LogP contribution in [0.25, 0.3) is 0 Å². The molecule has 2 amide bonds. The van der Waals surface area contributed by atoms with Gasteiger partial charge in [-0.15, -0.1) is 0 Å². The second kappa shape index (κ2) is 6.07. The topological polar surface area (TPSA) is 90.9 Å². The summed E-state index contributed by atoms with van der Waals surface area (Å²) < 4.78 is 0. The fraction of sp³-hybridized carbons (Fsp3) is 0.684. The van der Waals surface area contributed by atoms with Gasteiger partial charge in [-0.25, -0.2) is 4.98 Å². The van der Waals surface area contributed by atoms with Crippen molar-refractivity contribution in [3.8, 4) is 0 Å². The van der Waals surface area contributed by atoms with E-state index < -0.39 is 6.10 Å². The van der Waals surface area contributed by atoms with Crippen molar-refractivity contribution in [3.63, 3.8) is 0 Å². The molecule has 144 valence electrons. The summed E-state index contributed by atoms with van der Waals surface area (Å²) in [5.41, 5.74) is 2.62. The van der Waals surface area contributed by atoms with E-state index in [1.54, 1.807) is 6.33 Å². The average molecular weight is 371 g/mol. The number of amides is 2. The van der Waals surface area contributed by atoms with Gasteiger partial charge in [-0.2, -0.15) is 0 Å². The number of oxime groups is 1. The van der Waals surface area contributed by atoms with E-state index in [2.05, 4.69) is 20.0 Å². The average Bonchev–Trinajstić information content (AvgIpc) is 3.25. The Morgan fingerprint density at radius 1 is 1.22 bits per heavy atom. The maximum absolute atomic E-state index is 13.0. The van der Waals surface area contributed by atoms with Crippen LogP contribution in [0.1, 0.15) is 50.4 Å². The lowest BCUT2D eigenvalue weighted by Crippen LogP contribution is -2.59. The molecule has 1 aliphatic carbocycles. The van der Waals surface area contributed by atoms with E-state index in [1.165, 1.54) is 0 Å². The van der Waals surface area contributed by atoms with Gasteiger partial charge in [-0.05, 0) is 32.6 Å². The van der Waals surface area contributed by atoms with Crippen molar-refractivity contribution in [1.82, 2.24) is 19.8 Å². The summed E-state index contributed by atoms with van der Waals surface area (Å²) >= 11 is 0. The van der Waals surface area contributed by atoms with Gasteiger partial charge >= 0.3 is 0 Å². The van der Waals surface area contributed by atoms with Gasteiger partial charge < -0.3 is 19.6 Å². The number of rotatable bonds is 2. The Morgan fingerprint density at radius 3 is 2.67 bits per heavy atom. The number of H-pyrrole nitrogens is 1. The molecule has 1 atom stereocenters. The van der Waals surface area contributed by atoms with Crippen molar-refractivity contribution in [2.75, 3.05) is 19.6 Å². The van der Waals surface area contributed by atoms with Crippen LogP contribution in [0.3, 0.4) is 0 Å². The third kappa shape index (κ3) is 2.64. The van der Waals surface area contributed by atoms with Crippen LogP contribution in [0.4, 0.5) is 0 Å². The summed E-state index contributed by atoms with van der Waals surface area (Å²) in [6, 6.07) is 0. The van der Waals surface area contributed by atoms with Gasteiger partial charge in [0, 0.05) is 44.1 Å². The molecular formula is C19H25N5O3. The minimum Gasteiger partial charge on any atom is -0.382 e. The van der Waals surface area contributed by atoms with Gasteiger partial charge in [0.2, 0.25) is 12.0 Å². The first-order chi connectivity index (χ1) is 13.1. The summed E-state index contributed by atoms with van der Waals surface area (Å²) in [4.78, 5) is 42.8. The van der Waals surface area contributed by atoms with Crippen LogP contribution in [-0.4, -0.2) is 63.0 Å². The van der Waals surface area contributed by atoms with E-state index in [1.807, 2.05) is 11.8 Å². The molecule has 0 bridgehead atoms. The molecule has 1 aromatic heterocycles. The largest absolute Gasteiger partial charge is 0.382 e. The number of hydrogen-bond acceptors (Lipinski definition) is 5. The molecular weight excluding hydrogens is 346 g/mol. The van der Waals surface area contributed by atoms with Crippen molar-refractivity contribution in [1.29, 1.82) is 0 Å².